The monoisotopic (exact) mass is 270 g/mol. The summed E-state index contributed by atoms with van der Waals surface area (Å²) in [5, 5.41) is 15.3. The second-order valence-electron chi connectivity index (χ2n) is 4.61. The normalized spacial score (nSPS) is 23.1. The van der Waals surface area contributed by atoms with E-state index in [1.807, 2.05) is 30.3 Å². The van der Waals surface area contributed by atoms with Crippen LogP contribution in [0.5, 0.6) is 0 Å². The summed E-state index contributed by atoms with van der Waals surface area (Å²) in [6, 6.07) is 9.05. The zero-order valence-electron chi connectivity index (χ0n) is 10.1. The SMILES string of the molecule is NS(=O)(=O)N1CCC[C@@H]1C[C@@H](O)c1ccccc1. The van der Waals surface area contributed by atoms with Gasteiger partial charge in [0.25, 0.3) is 10.2 Å². The average Bonchev–Trinajstić information content (AvgIpc) is 2.78. The molecule has 0 amide bonds. The lowest BCUT2D eigenvalue weighted by molar-refractivity contribution is 0.142. The van der Waals surface area contributed by atoms with Crippen molar-refractivity contribution in [2.45, 2.75) is 31.4 Å². The van der Waals surface area contributed by atoms with Gasteiger partial charge < -0.3 is 5.11 Å². The minimum Gasteiger partial charge on any atom is -0.388 e. The van der Waals surface area contributed by atoms with E-state index in [1.54, 1.807) is 0 Å². The van der Waals surface area contributed by atoms with E-state index in [2.05, 4.69) is 0 Å². The Hall–Kier alpha value is -0.950. The van der Waals surface area contributed by atoms with Gasteiger partial charge in [0.05, 0.1) is 6.10 Å². The first-order valence-corrected chi connectivity index (χ1v) is 7.51. The van der Waals surface area contributed by atoms with Gasteiger partial charge >= 0.3 is 0 Å². The second kappa shape index (κ2) is 5.36. The molecule has 2 atom stereocenters. The van der Waals surface area contributed by atoms with Gasteiger partial charge in [0.2, 0.25) is 0 Å². The summed E-state index contributed by atoms with van der Waals surface area (Å²) in [7, 11) is -3.66. The Kier molecular flexibility index (Phi) is 4.01. The Balaban J connectivity index is 2.05. The maximum atomic E-state index is 11.4. The molecule has 1 fully saturated rings. The van der Waals surface area contributed by atoms with E-state index >= 15 is 0 Å². The minimum atomic E-state index is -3.66. The van der Waals surface area contributed by atoms with Crippen LogP contribution in [0.4, 0.5) is 0 Å². The highest BCUT2D eigenvalue weighted by Gasteiger charge is 2.33. The van der Waals surface area contributed by atoms with E-state index in [0.717, 1.165) is 18.4 Å². The van der Waals surface area contributed by atoms with E-state index in [0.29, 0.717) is 13.0 Å². The number of benzene rings is 1. The van der Waals surface area contributed by atoms with E-state index in [9.17, 15) is 13.5 Å². The van der Waals surface area contributed by atoms with Crippen molar-refractivity contribution in [2.24, 2.45) is 5.14 Å². The number of hydrogen-bond acceptors (Lipinski definition) is 3. The van der Waals surface area contributed by atoms with Crippen molar-refractivity contribution in [3.05, 3.63) is 35.9 Å². The molecule has 1 saturated heterocycles. The van der Waals surface area contributed by atoms with Crippen molar-refractivity contribution in [3.8, 4) is 0 Å². The van der Waals surface area contributed by atoms with Crippen molar-refractivity contribution in [3.63, 3.8) is 0 Å². The van der Waals surface area contributed by atoms with Crippen LogP contribution in [0.15, 0.2) is 30.3 Å². The number of aliphatic hydroxyl groups is 1. The predicted octanol–water partition coefficient (Wildman–Crippen LogP) is 0.778. The Morgan fingerprint density at radius 3 is 2.67 bits per heavy atom. The Morgan fingerprint density at radius 2 is 2.06 bits per heavy atom. The number of aliphatic hydroxyl groups excluding tert-OH is 1. The standard InChI is InChI=1S/C12H18N2O3S/c13-18(16,17)14-8-4-7-11(14)9-12(15)10-5-2-1-3-6-10/h1-3,5-6,11-12,15H,4,7-9H2,(H2,13,16,17)/t11-,12-/m1/s1. The lowest BCUT2D eigenvalue weighted by Crippen LogP contribution is -2.40. The lowest BCUT2D eigenvalue weighted by Gasteiger charge is -2.24. The molecule has 1 aliphatic heterocycles. The van der Waals surface area contributed by atoms with Gasteiger partial charge in [0, 0.05) is 12.6 Å². The van der Waals surface area contributed by atoms with Crippen molar-refractivity contribution in [1.29, 1.82) is 0 Å². The summed E-state index contributed by atoms with van der Waals surface area (Å²) < 4.78 is 24.1. The van der Waals surface area contributed by atoms with Crippen LogP contribution in [0.2, 0.25) is 0 Å². The van der Waals surface area contributed by atoms with Gasteiger partial charge in [0.1, 0.15) is 0 Å². The molecule has 0 unspecified atom stereocenters. The van der Waals surface area contributed by atoms with Crippen LogP contribution < -0.4 is 5.14 Å². The fourth-order valence-electron chi connectivity index (χ4n) is 2.45. The molecule has 5 nitrogen and oxygen atoms in total. The molecule has 1 aliphatic rings. The van der Waals surface area contributed by atoms with E-state index < -0.39 is 16.3 Å². The Morgan fingerprint density at radius 1 is 1.39 bits per heavy atom. The molecule has 100 valence electrons. The van der Waals surface area contributed by atoms with Gasteiger partial charge in [-0.05, 0) is 24.8 Å². The zero-order valence-corrected chi connectivity index (χ0v) is 10.9. The quantitative estimate of drug-likeness (QED) is 0.848. The fourth-order valence-corrected chi connectivity index (χ4v) is 3.44. The fraction of sp³-hybridized carbons (Fsp3) is 0.500. The molecule has 0 bridgehead atoms. The molecule has 18 heavy (non-hydrogen) atoms. The number of nitrogens with two attached hydrogens (primary N) is 1. The first kappa shape index (κ1) is 13.5. The molecule has 1 aromatic carbocycles. The predicted molar refractivity (Wildman–Crippen MR) is 68.9 cm³/mol. The van der Waals surface area contributed by atoms with Crippen molar-refractivity contribution >= 4 is 10.2 Å². The van der Waals surface area contributed by atoms with Crippen LogP contribution in [0.1, 0.15) is 30.9 Å². The van der Waals surface area contributed by atoms with Crippen LogP contribution in [-0.4, -0.2) is 30.4 Å². The zero-order chi connectivity index (χ0) is 13.2. The molecular weight excluding hydrogens is 252 g/mol. The van der Waals surface area contributed by atoms with E-state index in [4.69, 9.17) is 5.14 Å². The van der Waals surface area contributed by atoms with E-state index in [-0.39, 0.29) is 6.04 Å². The van der Waals surface area contributed by atoms with Gasteiger partial charge in [-0.2, -0.15) is 12.7 Å². The molecule has 3 N–H and O–H groups in total. The molecule has 6 heteroatoms. The first-order valence-electron chi connectivity index (χ1n) is 6.01. The summed E-state index contributed by atoms with van der Waals surface area (Å²) in [6.45, 7) is 0.449. The molecular formula is C12H18N2O3S. The molecule has 0 aromatic heterocycles. The number of rotatable bonds is 4. The summed E-state index contributed by atoms with van der Waals surface area (Å²) in [5.74, 6) is 0. The highest BCUT2D eigenvalue weighted by Crippen LogP contribution is 2.28. The van der Waals surface area contributed by atoms with Crippen molar-refractivity contribution in [1.82, 2.24) is 4.31 Å². The van der Waals surface area contributed by atoms with Gasteiger partial charge in [-0.1, -0.05) is 30.3 Å². The smallest absolute Gasteiger partial charge is 0.277 e. The van der Waals surface area contributed by atoms with Crippen LogP contribution in [0, 0.1) is 0 Å². The van der Waals surface area contributed by atoms with Crippen LogP contribution in [0.3, 0.4) is 0 Å². The van der Waals surface area contributed by atoms with Crippen LogP contribution >= 0.6 is 0 Å². The van der Waals surface area contributed by atoms with E-state index in [1.165, 1.54) is 4.31 Å². The first-order chi connectivity index (χ1) is 8.48. The summed E-state index contributed by atoms with van der Waals surface area (Å²) in [5.41, 5.74) is 0.804. The minimum absolute atomic E-state index is 0.199. The topological polar surface area (TPSA) is 83.6 Å². The average molecular weight is 270 g/mol. The Labute approximate surface area is 107 Å². The van der Waals surface area contributed by atoms with Crippen LogP contribution in [-0.2, 0) is 10.2 Å². The maximum absolute atomic E-state index is 11.4. The second-order valence-corrected chi connectivity index (χ2v) is 6.11. The highest BCUT2D eigenvalue weighted by molar-refractivity contribution is 7.86. The van der Waals surface area contributed by atoms with Crippen molar-refractivity contribution < 1.29 is 13.5 Å². The molecule has 0 radical (unpaired) electrons. The maximum Gasteiger partial charge on any atom is 0.277 e. The summed E-state index contributed by atoms with van der Waals surface area (Å²) >= 11 is 0. The number of hydrogen-bond donors (Lipinski definition) is 2. The summed E-state index contributed by atoms with van der Waals surface area (Å²) in [6.07, 6.45) is 1.28. The van der Waals surface area contributed by atoms with Gasteiger partial charge in [-0.25, -0.2) is 5.14 Å². The van der Waals surface area contributed by atoms with Crippen molar-refractivity contribution in [2.75, 3.05) is 6.54 Å². The largest absolute Gasteiger partial charge is 0.388 e. The highest BCUT2D eigenvalue weighted by atomic mass is 32.2. The third-order valence-electron chi connectivity index (χ3n) is 3.33. The molecule has 1 heterocycles. The van der Waals surface area contributed by atoms with Gasteiger partial charge in [-0.3, -0.25) is 0 Å². The molecule has 0 spiro atoms. The third kappa shape index (κ3) is 3.08. The molecule has 0 saturated carbocycles. The Bertz CT molecular complexity index is 489. The molecule has 0 aliphatic carbocycles. The van der Waals surface area contributed by atoms with Gasteiger partial charge in [0.15, 0.2) is 0 Å². The van der Waals surface area contributed by atoms with Crippen LogP contribution in [0.25, 0.3) is 0 Å². The lowest BCUT2D eigenvalue weighted by atomic mass is 10.0. The molecule has 2 rings (SSSR count). The third-order valence-corrected chi connectivity index (χ3v) is 4.46. The molecule has 1 aromatic rings. The van der Waals surface area contributed by atoms with Gasteiger partial charge in [-0.15, -0.1) is 0 Å². The number of nitrogens with zero attached hydrogens (tertiary/aromatic N) is 1. The summed E-state index contributed by atoms with van der Waals surface area (Å²) in [4.78, 5) is 0.